The number of fused-ring (bicyclic) bond motifs is 1. The van der Waals surface area contributed by atoms with Gasteiger partial charge in [0.05, 0.1) is 34.5 Å². The van der Waals surface area contributed by atoms with Gasteiger partial charge in [-0.1, -0.05) is 40.2 Å². The predicted molar refractivity (Wildman–Crippen MR) is 119 cm³/mol. The largest absolute Gasteiger partial charge is 0.364 e. The summed E-state index contributed by atoms with van der Waals surface area (Å²) >= 11 is 7.84. The van der Waals surface area contributed by atoms with Crippen molar-refractivity contribution in [3.05, 3.63) is 65.6 Å². The van der Waals surface area contributed by atoms with Gasteiger partial charge in [-0.3, -0.25) is 9.89 Å². The number of carbonyl (C=O) groups is 1. The molecule has 0 aliphatic rings. The van der Waals surface area contributed by atoms with Crippen LogP contribution in [0.4, 0.5) is 16.5 Å². The van der Waals surface area contributed by atoms with E-state index in [1.54, 1.807) is 12.3 Å². The normalized spacial score (nSPS) is 11.0. The van der Waals surface area contributed by atoms with Crippen molar-refractivity contribution >= 4 is 56.3 Å². The fourth-order valence-electron chi connectivity index (χ4n) is 3.01. The Bertz CT molecular complexity index is 1360. The maximum Gasteiger partial charge on any atom is 0.230 e. The lowest BCUT2D eigenvalue weighted by atomic mass is 10.2. The van der Waals surface area contributed by atoms with Gasteiger partial charge >= 0.3 is 0 Å². The highest BCUT2D eigenvalue weighted by molar-refractivity contribution is 7.18. The lowest BCUT2D eigenvalue weighted by Gasteiger charge is -2.06. The Morgan fingerprint density at radius 1 is 1.19 bits per heavy atom. The highest BCUT2D eigenvalue weighted by Crippen LogP contribution is 2.34. The lowest BCUT2D eigenvalue weighted by Crippen LogP contribution is -2.14. The molecule has 11 heteroatoms. The standard InChI is InChI=1S/C20H14ClN7O2S/c21-18-14-10-22-25-15(14)4-5-16(18)24-20-27-26-19(31-20)11-2-1-3-12(8-11)23-17(29)9-13-6-7-30-28-13/h1-8,10H,9H2,(H,22,25)(H,23,29)(H,24,27). The van der Waals surface area contributed by atoms with Crippen LogP contribution in [-0.4, -0.2) is 31.5 Å². The van der Waals surface area contributed by atoms with Crippen molar-refractivity contribution in [3.8, 4) is 10.6 Å². The number of nitrogens with zero attached hydrogens (tertiary/aromatic N) is 4. The number of rotatable bonds is 6. The van der Waals surface area contributed by atoms with Crippen LogP contribution in [-0.2, 0) is 11.2 Å². The summed E-state index contributed by atoms with van der Waals surface area (Å²) in [5.74, 6) is -0.185. The van der Waals surface area contributed by atoms with Crippen molar-refractivity contribution in [3.63, 3.8) is 0 Å². The van der Waals surface area contributed by atoms with Gasteiger partial charge in [-0.05, 0) is 24.3 Å². The van der Waals surface area contributed by atoms with Gasteiger partial charge in [-0.2, -0.15) is 5.10 Å². The Morgan fingerprint density at radius 3 is 3.00 bits per heavy atom. The van der Waals surface area contributed by atoms with Crippen molar-refractivity contribution in [1.29, 1.82) is 0 Å². The van der Waals surface area contributed by atoms with Crippen LogP contribution >= 0.6 is 22.9 Å². The molecule has 2 aromatic carbocycles. The van der Waals surface area contributed by atoms with Gasteiger partial charge in [-0.15, -0.1) is 10.2 Å². The monoisotopic (exact) mass is 451 g/mol. The van der Waals surface area contributed by atoms with Crippen LogP contribution in [0, 0.1) is 0 Å². The topological polar surface area (TPSA) is 122 Å². The molecule has 5 aromatic rings. The number of hydrogen-bond acceptors (Lipinski definition) is 8. The van der Waals surface area contributed by atoms with E-state index >= 15 is 0 Å². The van der Waals surface area contributed by atoms with Crippen molar-refractivity contribution in [2.45, 2.75) is 6.42 Å². The minimum atomic E-state index is -0.185. The Morgan fingerprint density at radius 2 is 2.13 bits per heavy atom. The number of halogens is 1. The predicted octanol–water partition coefficient (Wildman–Crippen LogP) is 4.65. The van der Waals surface area contributed by atoms with Crippen LogP contribution < -0.4 is 10.6 Å². The van der Waals surface area contributed by atoms with E-state index in [2.05, 4.69) is 36.2 Å². The van der Waals surface area contributed by atoms with Gasteiger partial charge in [0.2, 0.25) is 11.0 Å². The van der Waals surface area contributed by atoms with Crippen LogP contribution in [0.15, 0.2) is 59.4 Å². The van der Waals surface area contributed by atoms with E-state index in [0.717, 1.165) is 16.5 Å². The molecule has 0 radical (unpaired) electrons. The summed E-state index contributed by atoms with van der Waals surface area (Å²) in [5.41, 5.74) is 3.63. The molecule has 0 unspecified atom stereocenters. The second kappa shape index (κ2) is 8.17. The highest BCUT2D eigenvalue weighted by atomic mass is 35.5. The first-order chi connectivity index (χ1) is 15.2. The molecule has 154 valence electrons. The number of anilines is 3. The molecule has 1 amide bonds. The summed E-state index contributed by atoms with van der Waals surface area (Å²) in [6.07, 6.45) is 3.25. The molecule has 9 nitrogen and oxygen atoms in total. The number of aromatic nitrogens is 5. The molecule has 0 spiro atoms. The Balaban J connectivity index is 1.31. The van der Waals surface area contributed by atoms with E-state index in [0.29, 0.717) is 32.2 Å². The first-order valence-corrected chi connectivity index (χ1v) is 10.4. The van der Waals surface area contributed by atoms with Gasteiger partial charge in [0, 0.05) is 22.7 Å². The third kappa shape index (κ3) is 4.11. The molecule has 0 bridgehead atoms. The van der Waals surface area contributed by atoms with Crippen LogP contribution in [0.2, 0.25) is 5.02 Å². The zero-order chi connectivity index (χ0) is 21.2. The Hall–Kier alpha value is -3.76. The number of hydrogen-bond donors (Lipinski definition) is 3. The maximum absolute atomic E-state index is 12.2. The minimum absolute atomic E-state index is 0.134. The van der Waals surface area contributed by atoms with Crippen molar-refractivity contribution in [2.75, 3.05) is 10.6 Å². The zero-order valence-electron chi connectivity index (χ0n) is 15.8. The second-order valence-electron chi connectivity index (χ2n) is 6.59. The molecule has 0 fully saturated rings. The molecular weight excluding hydrogens is 438 g/mol. The van der Waals surface area contributed by atoms with Gasteiger partial charge in [-0.25, -0.2) is 0 Å². The SMILES string of the molecule is O=C(Cc1ccon1)Nc1cccc(-c2nnc(Nc3ccc4[nH]ncc4c3Cl)s2)c1. The molecule has 31 heavy (non-hydrogen) atoms. The third-order valence-electron chi connectivity index (χ3n) is 4.45. The van der Waals surface area contributed by atoms with Crippen molar-refractivity contribution in [1.82, 2.24) is 25.6 Å². The maximum atomic E-state index is 12.2. The first kappa shape index (κ1) is 19.2. The molecule has 3 aromatic heterocycles. The minimum Gasteiger partial charge on any atom is -0.364 e. The first-order valence-electron chi connectivity index (χ1n) is 9.17. The van der Waals surface area contributed by atoms with Crippen LogP contribution in [0.3, 0.4) is 0 Å². The quantitative estimate of drug-likeness (QED) is 0.343. The number of benzene rings is 2. The van der Waals surface area contributed by atoms with E-state index in [9.17, 15) is 4.79 Å². The molecule has 3 N–H and O–H groups in total. The number of carbonyl (C=O) groups excluding carboxylic acids is 1. The van der Waals surface area contributed by atoms with E-state index < -0.39 is 0 Å². The third-order valence-corrected chi connectivity index (χ3v) is 5.75. The molecule has 0 aliphatic carbocycles. The molecule has 5 rings (SSSR count). The summed E-state index contributed by atoms with van der Waals surface area (Å²) in [4.78, 5) is 12.2. The van der Waals surface area contributed by atoms with Crippen LogP contribution in [0.5, 0.6) is 0 Å². The molecule has 0 saturated heterocycles. The summed E-state index contributed by atoms with van der Waals surface area (Å²) in [7, 11) is 0. The summed E-state index contributed by atoms with van der Waals surface area (Å²) in [6, 6.07) is 12.8. The summed E-state index contributed by atoms with van der Waals surface area (Å²) in [6.45, 7) is 0. The lowest BCUT2D eigenvalue weighted by molar-refractivity contribution is -0.115. The zero-order valence-corrected chi connectivity index (χ0v) is 17.4. The molecule has 0 aliphatic heterocycles. The van der Waals surface area contributed by atoms with E-state index in [1.807, 2.05) is 36.4 Å². The Labute approximate surface area is 184 Å². The summed E-state index contributed by atoms with van der Waals surface area (Å²) in [5, 5.41) is 27.8. The van der Waals surface area contributed by atoms with Gasteiger partial charge in [0.15, 0.2) is 0 Å². The average molecular weight is 452 g/mol. The van der Waals surface area contributed by atoms with Gasteiger partial charge in [0.1, 0.15) is 11.3 Å². The molecular formula is C20H14ClN7O2S. The number of H-pyrrole nitrogens is 1. The molecule has 0 atom stereocenters. The molecule has 0 saturated carbocycles. The van der Waals surface area contributed by atoms with Gasteiger partial charge in [0.25, 0.3) is 0 Å². The summed E-state index contributed by atoms with van der Waals surface area (Å²) < 4.78 is 4.75. The van der Waals surface area contributed by atoms with E-state index in [1.165, 1.54) is 17.6 Å². The average Bonchev–Trinajstić information content (AvgIpc) is 3.52. The fourth-order valence-corrected chi connectivity index (χ4v) is 4.03. The van der Waals surface area contributed by atoms with E-state index in [-0.39, 0.29) is 12.3 Å². The molecule has 3 heterocycles. The van der Waals surface area contributed by atoms with Gasteiger partial charge < -0.3 is 15.2 Å². The van der Waals surface area contributed by atoms with Crippen LogP contribution in [0.25, 0.3) is 21.5 Å². The number of amides is 1. The number of aromatic amines is 1. The fraction of sp³-hybridized carbons (Fsp3) is 0.0500. The Kier molecular flexibility index (Phi) is 5.06. The van der Waals surface area contributed by atoms with E-state index in [4.69, 9.17) is 16.1 Å². The smallest absolute Gasteiger partial charge is 0.230 e. The van der Waals surface area contributed by atoms with Crippen molar-refractivity contribution < 1.29 is 9.32 Å². The van der Waals surface area contributed by atoms with Crippen LogP contribution in [0.1, 0.15) is 5.69 Å². The second-order valence-corrected chi connectivity index (χ2v) is 7.95. The van der Waals surface area contributed by atoms with Crippen molar-refractivity contribution in [2.24, 2.45) is 0 Å². The number of nitrogens with one attached hydrogen (secondary N) is 3. The highest BCUT2D eigenvalue weighted by Gasteiger charge is 2.12.